The van der Waals surface area contributed by atoms with Crippen molar-refractivity contribution in [2.75, 3.05) is 33.2 Å². The Kier molecular flexibility index (Phi) is 6.62. The first-order chi connectivity index (χ1) is 8.56. The maximum absolute atomic E-state index is 9.24. The molecule has 2 atom stereocenters. The van der Waals surface area contributed by atoms with Crippen LogP contribution in [0.1, 0.15) is 33.6 Å². The lowest BCUT2D eigenvalue weighted by Crippen LogP contribution is -2.48. The molecule has 0 radical (unpaired) electrons. The monoisotopic (exact) mass is 252 g/mol. The minimum atomic E-state index is -0.0533. The molecular weight excluding hydrogens is 224 g/mol. The van der Waals surface area contributed by atoms with E-state index >= 15 is 0 Å². The summed E-state index contributed by atoms with van der Waals surface area (Å²) < 4.78 is 0. The van der Waals surface area contributed by atoms with Crippen molar-refractivity contribution in [1.82, 2.24) is 15.1 Å². The van der Waals surface area contributed by atoms with Gasteiger partial charge in [0.15, 0.2) is 0 Å². The number of rotatable bonds is 5. The fourth-order valence-electron chi connectivity index (χ4n) is 2.69. The van der Waals surface area contributed by atoms with Gasteiger partial charge in [-0.1, -0.05) is 6.92 Å². The molecule has 1 saturated heterocycles. The number of hydrogen-bond donors (Lipinski definition) is 1. The van der Waals surface area contributed by atoms with Crippen LogP contribution in [-0.2, 0) is 0 Å². The molecule has 2 unspecified atom stereocenters. The molecule has 1 heterocycles. The summed E-state index contributed by atoms with van der Waals surface area (Å²) in [5, 5.41) is 12.6. The maximum atomic E-state index is 9.24. The van der Waals surface area contributed by atoms with Crippen molar-refractivity contribution in [3.05, 3.63) is 0 Å². The third-order valence-corrected chi connectivity index (χ3v) is 3.60. The molecule has 18 heavy (non-hydrogen) atoms. The minimum Gasteiger partial charge on any atom is -0.305 e. The van der Waals surface area contributed by atoms with Crippen molar-refractivity contribution in [2.45, 2.75) is 51.7 Å². The molecule has 1 rings (SSSR count). The Morgan fingerprint density at radius 3 is 2.67 bits per heavy atom. The zero-order valence-corrected chi connectivity index (χ0v) is 12.3. The molecule has 0 spiro atoms. The molecule has 0 amide bonds. The Bertz CT molecular complexity index is 271. The lowest BCUT2D eigenvalue weighted by atomic mass is 10.1. The van der Waals surface area contributed by atoms with Crippen molar-refractivity contribution < 1.29 is 0 Å². The van der Waals surface area contributed by atoms with Crippen LogP contribution in [0.4, 0.5) is 0 Å². The lowest BCUT2D eigenvalue weighted by Gasteiger charge is -2.32. The van der Waals surface area contributed by atoms with Gasteiger partial charge in [0, 0.05) is 25.2 Å². The van der Waals surface area contributed by atoms with E-state index in [1.54, 1.807) is 0 Å². The first kappa shape index (κ1) is 15.4. The molecule has 0 bridgehead atoms. The average Bonchev–Trinajstić information content (AvgIpc) is 2.49. The highest BCUT2D eigenvalue weighted by Gasteiger charge is 2.24. The second-order valence-corrected chi connectivity index (χ2v) is 5.68. The standard InChI is InChI=1S/C14H28N4/c1-5-14-11-17(4)7-6-8-18(14)10-13(9-15)16-12(2)3/h12-14,16H,5-8,10-11H2,1-4H3. The SMILES string of the molecule is CCC1CN(C)CCCN1CC(C#N)NC(C)C. The third-order valence-electron chi connectivity index (χ3n) is 3.60. The van der Waals surface area contributed by atoms with E-state index in [1.165, 1.54) is 13.0 Å². The average molecular weight is 252 g/mol. The Hall–Kier alpha value is -0.630. The van der Waals surface area contributed by atoms with Crippen LogP contribution in [0.2, 0.25) is 0 Å². The Morgan fingerprint density at radius 2 is 2.11 bits per heavy atom. The fourth-order valence-corrected chi connectivity index (χ4v) is 2.69. The van der Waals surface area contributed by atoms with Crippen molar-refractivity contribution in [1.29, 1.82) is 5.26 Å². The van der Waals surface area contributed by atoms with Crippen LogP contribution in [0.5, 0.6) is 0 Å². The predicted molar refractivity (Wildman–Crippen MR) is 75.4 cm³/mol. The van der Waals surface area contributed by atoms with Gasteiger partial charge in [-0.15, -0.1) is 0 Å². The number of nitrogens with one attached hydrogen (secondary N) is 1. The molecular formula is C14H28N4. The van der Waals surface area contributed by atoms with Crippen molar-refractivity contribution in [3.63, 3.8) is 0 Å². The third kappa shape index (κ3) is 4.93. The Balaban J connectivity index is 2.58. The highest BCUT2D eigenvalue weighted by Crippen LogP contribution is 2.12. The molecule has 1 N–H and O–H groups in total. The van der Waals surface area contributed by atoms with Gasteiger partial charge in [0.1, 0.15) is 6.04 Å². The van der Waals surface area contributed by atoms with Gasteiger partial charge >= 0.3 is 0 Å². The molecule has 4 nitrogen and oxygen atoms in total. The highest BCUT2D eigenvalue weighted by atomic mass is 15.2. The van der Waals surface area contributed by atoms with Crippen LogP contribution < -0.4 is 5.32 Å². The smallest absolute Gasteiger partial charge is 0.108 e. The van der Waals surface area contributed by atoms with Crippen LogP contribution in [0.3, 0.4) is 0 Å². The van der Waals surface area contributed by atoms with E-state index in [0.717, 1.165) is 26.1 Å². The fraction of sp³-hybridized carbons (Fsp3) is 0.929. The summed E-state index contributed by atoms with van der Waals surface area (Å²) in [6.45, 7) is 10.7. The van der Waals surface area contributed by atoms with Gasteiger partial charge in [0.05, 0.1) is 6.07 Å². The van der Waals surface area contributed by atoms with Gasteiger partial charge in [0.25, 0.3) is 0 Å². The summed E-state index contributed by atoms with van der Waals surface area (Å²) in [6.07, 6.45) is 2.36. The van der Waals surface area contributed by atoms with Gasteiger partial charge in [-0.05, 0) is 46.8 Å². The predicted octanol–water partition coefficient (Wildman–Crippen LogP) is 1.29. The lowest BCUT2D eigenvalue weighted by molar-refractivity contribution is 0.173. The summed E-state index contributed by atoms with van der Waals surface area (Å²) in [5.41, 5.74) is 0. The van der Waals surface area contributed by atoms with Gasteiger partial charge in [0.2, 0.25) is 0 Å². The van der Waals surface area contributed by atoms with E-state index in [9.17, 15) is 5.26 Å². The van der Waals surface area contributed by atoms with E-state index in [0.29, 0.717) is 12.1 Å². The van der Waals surface area contributed by atoms with Crippen LogP contribution >= 0.6 is 0 Å². The Morgan fingerprint density at radius 1 is 1.39 bits per heavy atom. The zero-order chi connectivity index (χ0) is 13.5. The summed E-state index contributed by atoms with van der Waals surface area (Å²) in [4.78, 5) is 4.90. The van der Waals surface area contributed by atoms with Crippen molar-refractivity contribution in [3.8, 4) is 6.07 Å². The van der Waals surface area contributed by atoms with Crippen LogP contribution in [0, 0.1) is 11.3 Å². The van der Waals surface area contributed by atoms with Crippen molar-refractivity contribution >= 4 is 0 Å². The molecule has 104 valence electrons. The van der Waals surface area contributed by atoms with Crippen molar-refractivity contribution in [2.24, 2.45) is 0 Å². The summed E-state index contributed by atoms with van der Waals surface area (Å²) in [7, 11) is 2.19. The number of hydrogen-bond acceptors (Lipinski definition) is 4. The molecule has 4 heteroatoms. The normalized spacial score (nSPS) is 24.8. The van der Waals surface area contributed by atoms with Crippen LogP contribution in [0.15, 0.2) is 0 Å². The molecule has 1 fully saturated rings. The summed E-state index contributed by atoms with van der Waals surface area (Å²) in [6, 6.07) is 3.29. The number of nitrogens with zero attached hydrogens (tertiary/aromatic N) is 3. The summed E-state index contributed by atoms with van der Waals surface area (Å²) >= 11 is 0. The first-order valence-electron chi connectivity index (χ1n) is 7.15. The highest BCUT2D eigenvalue weighted by molar-refractivity contribution is 4.94. The Labute approximate surface area is 112 Å². The molecule has 0 aromatic rings. The second-order valence-electron chi connectivity index (χ2n) is 5.68. The molecule has 0 saturated carbocycles. The molecule has 0 aromatic heterocycles. The first-order valence-corrected chi connectivity index (χ1v) is 7.15. The van der Waals surface area contributed by atoms with Crippen LogP contribution in [-0.4, -0.2) is 61.2 Å². The maximum Gasteiger partial charge on any atom is 0.108 e. The van der Waals surface area contributed by atoms with E-state index in [4.69, 9.17) is 0 Å². The van der Waals surface area contributed by atoms with Gasteiger partial charge in [-0.25, -0.2) is 0 Å². The topological polar surface area (TPSA) is 42.3 Å². The zero-order valence-electron chi connectivity index (χ0n) is 12.3. The van der Waals surface area contributed by atoms with Crippen LogP contribution in [0.25, 0.3) is 0 Å². The van der Waals surface area contributed by atoms with Gasteiger partial charge in [-0.2, -0.15) is 5.26 Å². The molecule has 0 aliphatic carbocycles. The number of nitriles is 1. The quantitative estimate of drug-likeness (QED) is 0.801. The van der Waals surface area contributed by atoms with E-state index in [2.05, 4.69) is 49.0 Å². The molecule has 1 aliphatic rings. The summed E-state index contributed by atoms with van der Waals surface area (Å²) in [5.74, 6) is 0. The number of likely N-dealkylation sites (N-methyl/N-ethyl adjacent to an activating group) is 1. The second kappa shape index (κ2) is 7.73. The largest absolute Gasteiger partial charge is 0.305 e. The van der Waals surface area contributed by atoms with E-state index in [1.807, 2.05) is 0 Å². The molecule has 1 aliphatic heterocycles. The minimum absolute atomic E-state index is 0.0533. The molecule has 0 aromatic carbocycles. The van der Waals surface area contributed by atoms with Gasteiger partial charge in [-0.3, -0.25) is 10.2 Å². The van der Waals surface area contributed by atoms with E-state index < -0.39 is 0 Å². The van der Waals surface area contributed by atoms with E-state index in [-0.39, 0.29) is 6.04 Å². The van der Waals surface area contributed by atoms with Gasteiger partial charge < -0.3 is 4.90 Å².